The summed E-state index contributed by atoms with van der Waals surface area (Å²) in [5.41, 5.74) is 1.33. The van der Waals surface area contributed by atoms with E-state index in [2.05, 4.69) is 4.99 Å². The summed E-state index contributed by atoms with van der Waals surface area (Å²) < 4.78 is 0. The molecule has 0 saturated heterocycles. The lowest BCUT2D eigenvalue weighted by Crippen LogP contribution is -2.06. The number of hydrogen-bond donors (Lipinski definition) is 0. The van der Waals surface area contributed by atoms with Gasteiger partial charge in [0.25, 0.3) is 0 Å². The van der Waals surface area contributed by atoms with E-state index in [0.717, 1.165) is 18.8 Å². The van der Waals surface area contributed by atoms with E-state index in [0.29, 0.717) is 0 Å². The van der Waals surface area contributed by atoms with Crippen LogP contribution in [0.5, 0.6) is 0 Å². The third-order valence-corrected chi connectivity index (χ3v) is 1.78. The van der Waals surface area contributed by atoms with Gasteiger partial charge in [-0.1, -0.05) is 0 Å². The van der Waals surface area contributed by atoms with Gasteiger partial charge in [0.15, 0.2) is 0 Å². The van der Waals surface area contributed by atoms with Crippen LogP contribution in [0.2, 0.25) is 0 Å². The minimum atomic E-state index is 0.735. The average Bonchev–Trinajstić information content (AvgIpc) is 1.91. The molecule has 0 fully saturated rings. The van der Waals surface area contributed by atoms with Crippen LogP contribution in [0.4, 0.5) is 0 Å². The highest BCUT2D eigenvalue weighted by Crippen LogP contribution is 2.08. The van der Waals surface area contributed by atoms with Crippen molar-refractivity contribution in [1.82, 2.24) is 0 Å². The number of halogens is 1. The Morgan fingerprint density at radius 3 is 2.89 bits per heavy atom. The molecule has 9 heavy (non-hydrogen) atoms. The van der Waals surface area contributed by atoms with Crippen LogP contribution in [-0.2, 0) is 0 Å². The molecule has 0 amide bonds. The fourth-order valence-corrected chi connectivity index (χ4v) is 1.29. The van der Waals surface area contributed by atoms with Gasteiger partial charge in [0, 0.05) is 18.1 Å². The van der Waals surface area contributed by atoms with Gasteiger partial charge in [-0.05, 0) is 25.7 Å². The van der Waals surface area contributed by atoms with Crippen molar-refractivity contribution in [1.29, 1.82) is 0 Å². The van der Waals surface area contributed by atoms with Crippen molar-refractivity contribution in [2.24, 2.45) is 4.99 Å². The highest BCUT2D eigenvalue weighted by molar-refractivity contribution is 6.19. The second-order valence-corrected chi connectivity index (χ2v) is 2.72. The van der Waals surface area contributed by atoms with Gasteiger partial charge in [0.2, 0.25) is 0 Å². The number of alkyl halides is 1. The van der Waals surface area contributed by atoms with E-state index in [1.807, 2.05) is 0 Å². The monoisotopic (exact) mass is 145 g/mol. The Hall–Kier alpha value is -0.0400. The van der Waals surface area contributed by atoms with E-state index in [4.69, 9.17) is 11.6 Å². The smallest absolute Gasteiger partial charge is 0.0388 e. The van der Waals surface area contributed by atoms with Crippen molar-refractivity contribution >= 4 is 17.3 Å². The molecule has 0 N–H and O–H groups in total. The second kappa shape index (κ2) is 3.89. The fourth-order valence-electron chi connectivity index (χ4n) is 1.07. The molecule has 0 aliphatic carbocycles. The zero-order chi connectivity index (χ0) is 6.53. The lowest BCUT2D eigenvalue weighted by atomic mass is 10.1. The van der Waals surface area contributed by atoms with Crippen LogP contribution in [0.15, 0.2) is 4.99 Å². The van der Waals surface area contributed by atoms with Crippen LogP contribution in [0.25, 0.3) is 0 Å². The molecule has 0 atom stereocenters. The third kappa shape index (κ3) is 2.35. The Morgan fingerprint density at radius 2 is 2.33 bits per heavy atom. The average molecular weight is 146 g/mol. The summed E-state index contributed by atoms with van der Waals surface area (Å²) in [4.78, 5) is 4.35. The number of aliphatic imine (C=N–C) groups is 1. The standard InChI is InChI=1S/C7H12ClN/c8-5-4-7-3-1-2-6-9-7/h1-6H2. The Labute approximate surface area is 61.1 Å². The van der Waals surface area contributed by atoms with Crippen molar-refractivity contribution in [3.05, 3.63) is 0 Å². The summed E-state index contributed by atoms with van der Waals surface area (Å²) in [5.74, 6) is 0.735. The molecule has 2 heteroatoms. The van der Waals surface area contributed by atoms with Gasteiger partial charge >= 0.3 is 0 Å². The third-order valence-electron chi connectivity index (χ3n) is 1.59. The fraction of sp³-hybridized carbons (Fsp3) is 0.857. The summed E-state index contributed by atoms with van der Waals surface area (Å²) in [7, 11) is 0. The molecule has 1 nitrogen and oxygen atoms in total. The Bertz CT molecular complexity index is 109. The molecule has 1 aliphatic rings. The van der Waals surface area contributed by atoms with Gasteiger partial charge in [-0.3, -0.25) is 4.99 Å². The summed E-state index contributed by atoms with van der Waals surface area (Å²) in [6.07, 6.45) is 4.77. The van der Waals surface area contributed by atoms with E-state index in [1.54, 1.807) is 0 Å². The molecule has 0 aromatic rings. The highest BCUT2D eigenvalue weighted by Gasteiger charge is 2.02. The van der Waals surface area contributed by atoms with Crippen LogP contribution < -0.4 is 0 Å². The topological polar surface area (TPSA) is 12.4 Å². The molecule has 0 radical (unpaired) electrons. The lowest BCUT2D eigenvalue weighted by Gasteiger charge is -2.09. The maximum Gasteiger partial charge on any atom is 0.0388 e. The molecule has 0 saturated carbocycles. The first kappa shape index (κ1) is 7.07. The molecule has 0 bridgehead atoms. The maximum atomic E-state index is 5.55. The first-order valence-electron chi connectivity index (χ1n) is 3.51. The first-order valence-corrected chi connectivity index (χ1v) is 4.05. The van der Waals surface area contributed by atoms with Gasteiger partial charge in [0.1, 0.15) is 0 Å². The van der Waals surface area contributed by atoms with E-state index >= 15 is 0 Å². The molecule has 0 spiro atoms. The predicted molar refractivity (Wildman–Crippen MR) is 41.5 cm³/mol. The van der Waals surface area contributed by atoms with Crippen molar-refractivity contribution in [3.8, 4) is 0 Å². The van der Waals surface area contributed by atoms with E-state index in [-0.39, 0.29) is 0 Å². The van der Waals surface area contributed by atoms with Gasteiger partial charge < -0.3 is 0 Å². The SMILES string of the molecule is ClCCC1=NCCCC1. The van der Waals surface area contributed by atoms with Crippen LogP contribution in [0, 0.1) is 0 Å². The van der Waals surface area contributed by atoms with Crippen LogP contribution >= 0.6 is 11.6 Å². The Balaban J connectivity index is 2.28. The normalized spacial score (nSPS) is 19.4. The van der Waals surface area contributed by atoms with E-state index in [9.17, 15) is 0 Å². The van der Waals surface area contributed by atoms with Crippen molar-refractivity contribution in [3.63, 3.8) is 0 Å². The van der Waals surface area contributed by atoms with Crippen LogP contribution in [0.1, 0.15) is 25.7 Å². The number of nitrogens with zero attached hydrogens (tertiary/aromatic N) is 1. The molecule has 52 valence electrons. The summed E-state index contributed by atoms with van der Waals surface area (Å²) in [6, 6.07) is 0. The Morgan fingerprint density at radius 1 is 1.44 bits per heavy atom. The van der Waals surface area contributed by atoms with Crippen LogP contribution in [-0.4, -0.2) is 18.1 Å². The zero-order valence-electron chi connectivity index (χ0n) is 5.57. The molecule has 0 unspecified atom stereocenters. The molecular weight excluding hydrogens is 134 g/mol. The minimum absolute atomic E-state index is 0.735. The lowest BCUT2D eigenvalue weighted by molar-refractivity contribution is 0.728. The molecule has 1 heterocycles. The summed E-state index contributed by atoms with van der Waals surface area (Å²) in [6.45, 7) is 1.03. The largest absolute Gasteiger partial charge is 0.294 e. The van der Waals surface area contributed by atoms with Crippen molar-refractivity contribution in [2.45, 2.75) is 25.7 Å². The van der Waals surface area contributed by atoms with Gasteiger partial charge in [-0.25, -0.2) is 0 Å². The minimum Gasteiger partial charge on any atom is -0.294 e. The maximum absolute atomic E-state index is 5.55. The molecule has 1 rings (SSSR count). The van der Waals surface area contributed by atoms with Crippen molar-refractivity contribution in [2.75, 3.05) is 12.4 Å². The van der Waals surface area contributed by atoms with Gasteiger partial charge in [-0.15, -0.1) is 11.6 Å². The molecular formula is C7H12ClN. The van der Waals surface area contributed by atoms with E-state index < -0.39 is 0 Å². The molecule has 1 aliphatic heterocycles. The first-order chi connectivity index (χ1) is 4.43. The summed E-state index contributed by atoms with van der Waals surface area (Å²) in [5, 5.41) is 0. The second-order valence-electron chi connectivity index (χ2n) is 2.34. The Kier molecular flexibility index (Phi) is 3.05. The van der Waals surface area contributed by atoms with E-state index in [1.165, 1.54) is 25.0 Å². The highest BCUT2D eigenvalue weighted by atomic mass is 35.5. The number of rotatable bonds is 2. The summed E-state index contributed by atoms with van der Waals surface area (Å²) >= 11 is 5.55. The van der Waals surface area contributed by atoms with Gasteiger partial charge in [-0.2, -0.15) is 0 Å². The predicted octanol–water partition coefficient (Wildman–Crippen LogP) is 2.24. The molecule has 0 aromatic carbocycles. The quantitative estimate of drug-likeness (QED) is 0.529. The molecule has 0 aromatic heterocycles. The number of hydrogen-bond acceptors (Lipinski definition) is 1. The van der Waals surface area contributed by atoms with Crippen molar-refractivity contribution < 1.29 is 0 Å². The zero-order valence-corrected chi connectivity index (χ0v) is 6.32. The van der Waals surface area contributed by atoms with Gasteiger partial charge in [0.05, 0.1) is 0 Å². The van der Waals surface area contributed by atoms with Crippen LogP contribution in [0.3, 0.4) is 0 Å².